The van der Waals surface area contributed by atoms with E-state index in [9.17, 15) is 34.5 Å². The lowest BCUT2D eigenvalue weighted by Crippen LogP contribution is -2.60. The van der Waals surface area contributed by atoms with Crippen LogP contribution in [0.25, 0.3) is 0 Å². The molecule has 0 aliphatic heterocycles. The smallest absolute Gasteiger partial charge is 0.328 e. The number of aromatic hydroxyl groups is 1. The summed E-state index contributed by atoms with van der Waals surface area (Å²) < 4.78 is 0. The molecule has 1 aromatic rings. The number of benzene rings is 1. The van der Waals surface area contributed by atoms with Gasteiger partial charge in [0.2, 0.25) is 17.7 Å². The Kier molecular flexibility index (Phi) is 11.6. The minimum Gasteiger partial charge on any atom is -0.508 e. The summed E-state index contributed by atoms with van der Waals surface area (Å²) in [4.78, 5) is 50.0. The van der Waals surface area contributed by atoms with E-state index >= 15 is 0 Å². The van der Waals surface area contributed by atoms with Crippen LogP contribution in [-0.4, -0.2) is 69.3 Å². The van der Waals surface area contributed by atoms with Crippen molar-refractivity contribution in [2.75, 3.05) is 0 Å². The van der Waals surface area contributed by atoms with Gasteiger partial charge in [0, 0.05) is 6.42 Å². The van der Waals surface area contributed by atoms with E-state index in [1.807, 2.05) is 13.8 Å². The third-order valence-electron chi connectivity index (χ3n) is 5.36. The lowest BCUT2D eigenvalue weighted by atomic mass is 9.99. The van der Waals surface area contributed by atoms with Crippen LogP contribution in [0.3, 0.4) is 0 Å². The zero-order valence-electron chi connectivity index (χ0n) is 20.8. The maximum Gasteiger partial charge on any atom is 0.328 e. The monoisotopic (exact) mass is 494 g/mol. The molecule has 11 heteroatoms. The summed E-state index contributed by atoms with van der Waals surface area (Å²) in [5, 5.41) is 35.9. The number of carboxylic acid groups (broad SMARTS) is 1. The zero-order chi connectivity index (χ0) is 26.9. The van der Waals surface area contributed by atoms with Gasteiger partial charge >= 0.3 is 5.97 Å². The summed E-state index contributed by atoms with van der Waals surface area (Å²) in [5.74, 6) is -3.63. The van der Waals surface area contributed by atoms with Gasteiger partial charge in [0.05, 0.1) is 12.1 Å². The minimum absolute atomic E-state index is 0.0420. The Morgan fingerprint density at radius 2 is 1.40 bits per heavy atom. The van der Waals surface area contributed by atoms with E-state index < -0.39 is 59.9 Å². The lowest BCUT2D eigenvalue weighted by molar-refractivity contribution is -0.145. The second-order valence-corrected chi connectivity index (χ2v) is 9.46. The van der Waals surface area contributed by atoms with E-state index in [0.717, 1.165) is 0 Å². The van der Waals surface area contributed by atoms with Crippen LogP contribution in [0.1, 0.15) is 46.6 Å². The maximum atomic E-state index is 13.2. The molecule has 0 aliphatic rings. The predicted molar refractivity (Wildman–Crippen MR) is 129 cm³/mol. The van der Waals surface area contributed by atoms with Crippen molar-refractivity contribution in [3.63, 3.8) is 0 Å². The maximum absolute atomic E-state index is 13.2. The Morgan fingerprint density at radius 1 is 0.857 bits per heavy atom. The van der Waals surface area contributed by atoms with Crippen molar-refractivity contribution in [1.82, 2.24) is 16.0 Å². The van der Waals surface area contributed by atoms with Crippen LogP contribution in [0.4, 0.5) is 0 Å². The summed E-state index contributed by atoms with van der Waals surface area (Å²) in [6.45, 7) is 8.38. The number of hydrogen-bond donors (Lipinski definition) is 7. The number of hydrogen-bond acceptors (Lipinski definition) is 7. The molecular formula is C24H38N4O7. The van der Waals surface area contributed by atoms with Crippen LogP contribution in [0.5, 0.6) is 5.75 Å². The van der Waals surface area contributed by atoms with Crippen molar-refractivity contribution in [1.29, 1.82) is 0 Å². The molecule has 0 bridgehead atoms. The highest BCUT2D eigenvalue weighted by molar-refractivity contribution is 5.94. The molecule has 0 spiro atoms. The van der Waals surface area contributed by atoms with Crippen LogP contribution in [0, 0.1) is 11.8 Å². The Bertz CT molecular complexity index is 871. The molecule has 1 rings (SSSR count). The number of amides is 3. The number of nitrogens with two attached hydrogens (primary N) is 1. The summed E-state index contributed by atoms with van der Waals surface area (Å²) in [5.41, 5.74) is 6.61. The first-order valence-electron chi connectivity index (χ1n) is 11.6. The van der Waals surface area contributed by atoms with E-state index in [2.05, 4.69) is 16.0 Å². The number of aliphatic carboxylic acids is 1. The van der Waals surface area contributed by atoms with Crippen LogP contribution in [-0.2, 0) is 25.6 Å². The van der Waals surface area contributed by atoms with E-state index in [-0.39, 0.29) is 18.1 Å². The standard InChI is InChI=1S/C24H38N4O7/c1-12(2)10-17(25)21(31)26-18(11-15-6-8-16(30)9-7-15)22(32)27-19(13(3)4)23(33)28-20(14(5)29)24(34)35/h6-9,12-14,17-20,29-30H,10-11,25H2,1-5H3,(H,26,31)(H,27,32)(H,28,33)(H,34,35). The summed E-state index contributed by atoms with van der Waals surface area (Å²) >= 11 is 0. The average molecular weight is 495 g/mol. The molecule has 8 N–H and O–H groups in total. The first kappa shape index (κ1) is 29.9. The molecule has 1 aromatic carbocycles. The Hall–Kier alpha value is -3.18. The molecule has 0 fully saturated rings. The third kappa shape index (κ3) is 9.91. The number of carboxylic acids is 1. The molecule has 35 heavy (non-hydrogen) atoms. The van der Waals surface area contributed by atoms with Crippen LogP contribution in [0.2, 0.25) is 0 Å². The molecule has 196 valence electrons. The first-order chi connectivity index (χ1) is 16.2. The third-order valence-corrected chi connectivity index (χ3v) is 5.36. The fourth-order valence-corrected chi connectivity index (χ4v) is 3.39. The molecule has 0 saturated heterocycles. The highest BCUT2D eigenvalue weighted by Crippen LogP contribution is 2.13. The molecular weight excluding hydrogens is 456 g/mol. The Balaban J connectivity index is 3.11. The van der Waals surface area contributed by atoms with Gasteiger partial charge in [0.25, 0.3) is 0 Å². The van der Waals surface area contributed by atoms with Gasteiger partial charge in [-0.25, -0.2) is 4.79 Å². The van der Waals surface area contributed by atoms with Gasteiger partial charge in [-0.3, -0.25) is 14.4 Å². The van der Waals surface area contributed by atoms with Gasteiger partial charge in [-0.2, -0.15) is 0 Å². The van der Waals surface area contributed by atoms with Crippen molar-refractivity contribution in [2.45, 2.75) is 77.7 Å². The van der Waals surface area contributed by atoms with Crippen LogP contribution in [0.15, 0.2) is 24.3 Å². The molecule has 5 unspecified atom stereocenters. The highest BCUT2D eigenvalue weighted by Gasteiger charge is 2.33. The molecule has 0 radical (unpaired) electrons. The van der Waals surface area contributed by atoms with Crippen LogP contribution >= 0.6 is 0 Å². The zero-order valence-corrected chi connectivity index (χ0v) is 20.8. The van der Waals surface area contributed by atoms with Crippen LogP contribution < -0.4 is 21.7 Å². The van der Waals surface area contributed by atoms with Gasteiger partial charge in [-0.1, -0.05) is 39.8 Å². The van der Waals surface area contributed by atoms with Gasteiger partial charge < -0.3 is 37.0 Å². The topological polar surface area (TPSA) is 191 Å². The number of phenolic OH excluding ortho intramolecular Hbond substituents is 1. The quantitative estimate of drug-likeness (QED) is 0.197. The molecule has 0 aromatic heterocycles. The largest absolute Gasteiger partial charge is 0.508 e. The number of aliphatic hydroxyl groups excluding tert-OH is 1. The van der Waals surface area contributed by atoms with E-state index in [1.165, 1.54) is 19.1 Å². The second-order valence-electron chi connectivity index (χ2n) is 9.46. The Labute approximate surface area is 205 Å². The summed E-state index contributed by atoms with van der Waals surface area (Å²) in [7, 11) is 0. The normalized spacial score (nSPS) is 15.6. The number of rotatable bonds is 13. The lowest BCUT2D eigenvalue weighted by Gasteiger charge is -2.27. The highest BCUT2D eigenvalue weighted by atomic mass is 16.4. The van der Waals surface area contributed by atoms with Crippen molar-refractivity contribution in [2.24, 2.45) is 17.6 Å². The molecule has 3 amide bonds. The number of carbonyl (C=O) groups is 4. The fraction of sp³-hybridized carbons (Fsp3) is 0.583. The molecule has 11 nitrogen and oxygen atoms in total. The number of carbonyl (C=O) groups excluding carboxylic acids is 3. The van der Waals surface area contributed by atoms with Crippen molar-refractivity contribution in [3.05, 3.63) is 29.8 Å². The van der Waals surface area contributed by atoms with E-state index in [0.29, 0.717) is 12.0 Å². The molecule has 5 atom stereocenters. The summed E-state index contributed by atoms with van der Waals surface area (Å²) in [6, 6.07) is 1.48. The number of aliphatic hydroxyl groups is 1. The minimum atomic E-state index is -1.55. The van der Waals surface area contributed by atoms with Crippen molar-refractivity contribution in [3.8, 4) is 5.75 Å². The van der Waals surface area contributed by atoms with Crippen molar-refractivity contribution >= 4 is 23.7 Å². The average Bonchev–Trinajstić information content (AvgIpc) is 2.75. The number of phenols is 1. The second kappa shape index (κ2) is 13.6. The van der Waals surface area contributed by atoms with Gasteiger partial charge in [-0.15, -0.1) is 0 Å². The van der Waals surface area contributed by atoms with Crippen molar-refractivity contribution < 1.29 is 34.5 Å². The van der Waals surface area contributed by atoms with Gasteiger partial charge in [0.15, 0.2) is 6.04 Å². The molecule has 0 saturated carbocycles. The predicted octanol–water partition coefficient (Wildman–Crippen LogP) is -0.116. The van der Waals surface area contributed by atoms with E-state index in [4.69, 9.17) is 5.73 Å². The first-order valence-corrected chi connectivity index (χ1v) is 11.6. The SMILES string of the molecule is CC(C)CC(N)C(=O)NC(Cc1ccc(O)cc1)C(=O)NC(C(=O)NC(C(=O)O)C(C)O)C(C)C. The number of nitrogens with one attached hydrogen (secondary N) is 3. The van der Waals surface area contributed by atoms with Gasteiger partial charge in [0.1, 0.15) is 17.8 Å². The Morgan fingerprint density at radius 3 is 1.86 bits per heavy atom. The summed E-state index contributed by atoms with van der Waals surface area (Å²) in [6.07, 6.45) is -0.889. The molecule has 0 aliphatic carbocycles. The van der Waals surface area contributed by atoms with Gasteiger partial charge in [-0.05, 0) is 42.9 Å². The fourth-order valence-electron chi connectivity index (χ4n) is 3.39. The van der Waals surface area contributed by atoms with E-state index in [1.54, 1.807) is 26.0 Å². The molecule has 0 heterocycles.